The van der Waals surface area contributed by atoms with Gasteiger partial charge in [0.15, 0.2) is 0 Å². The monoisotopic (exact) mass is 342 g/mol. The average molecular weight is 342 g/mol. The summed E-state index contributed by atoms with van der Waals surface area (Å²) >= 11 is 0. The first-order valence-electron chi connectivity index (χ1n) is 3.74. The number of hydrogen-bond donors (Lipinski definition) is 0. The maximum absolute atomic E-state index is 11.9. The zero-order valence-electron chi connectivity index (χ0n) is 8.06. The van der Waals surface area contributed by atoms with E-state index in [1.807, 2.05) is 0 Å². The third-order valence-electron chi connectivity index (χ3n) is 1.46. The largest absolute Gasteiger partial charge is 0.534 e. The molecule has 1 aromatic rings. The van der Waals surface area contributed by atoms with E-state index in [-0.39, 0.29) is 44.6 Å². The molecule has 0 N–H and O–H groups in total. The van der Waals surface area contributed by atoms with Crippen molar-refractivity contribution in [2.75, 3.05) is 0 Å². The summed E-state index contributed by atoms with van der Waals surface area (Å²) in [6.45, 7) is 0. The third kappa shape index (κ3) is 4.04. The van der Waals surface area contributed by atoms with Crippen LogP contribution in [0.15, 0.2) is 18.2 Å². The number of hydrogen-bond acceptors (Lipinski definition) is 4. The first-order valence-corrected chi connectivity index (χ1v) is 5.15. The Kier molecular flexibility index (Phi) is 5.76. The van der Waals surface area contributed by atoms with Gasteiger partial charge in [-0.15, -0.1) is 6.07 Å². The Hall–Kier alpha value is -0.466. The van der Waals surface area contributed by atoms with Crippen LogP contribution in [0.25, 0.3) is 0 Å². The second kappa shape index (κ2) is 5.92. The summed E-state index contributed by atoms with van der Waals surface area (Å²) in [5.74, 6) is -0.689. The first kappa shape index (κ1) is 16.5. The van der Waals surface area contributed by atoms with E-state index in [9.17, 15) is 26.4 Å². The second-order valence-corrected chi connectivity index (χ2v) is 4.10. The molecule has 0 aliphatic carbocycles. The van der Waals surface area contributed by atoms with Crippen LogP contribution in [0.4, 0.5) is 13.2 Å². The average Bonchev–Trinajstić information content (AvgIpc) is 2.16. The van der Waals surface area contributed by atoms with Crippen LogP contribution in [0.3, 0.4) is 0 Å². The van der Waals surface area contributed by atoms with E-state index < -0.39 is 21.4 Å². The summed E-state index contributed by atoms with van der Waals surface area (Å²) in [6.07, 6.45) is 0.164. The molecule has 0 atom stereocenters. The molecule has 0 spiro atoms. The molecular formula is C8H4F3O4SY-. The molecule has 0 saturated heterocycles. The van der Waals surface area contributed by atoms with Crippen LogP contribution in [0.5, 0.6) is 5.75 Å². The molecule has 9 heteroatoms. The van der Waals surface area contributed by atoms with Crippen molar-refractivity contribution in [3.05, 3.63) is 29.8 Å². The number of aldehydes is 1. The van der Waals surface area contributed by atoms with Crippen molar-refractivity contribution in [3.63, 3.8) is 0 Å². The van der Waals surface area contributed by atoms with Crippen LogP contribution in [0, 0.1) is 6.07 Å². The predicted molar refractivity (Wildman–Crippen MR) is 46.3 cm³/mol. The molecule has 91 valence electrons. The smallest absolute Gasteiger partial charge is 0.402 e. The maximum Gasteiger partial charge on any atom is 0.534 e. The third-order valence-corrected chi connectivity index (χ3v) is 2.43. The Morgan fingerprint density at radius 2 is 1.94 bits per heavy atom. The van der Waals surface area contributed by atoms with Crippen LogP contribution >= 0.6 is 0 Å². The molecule has 0 aromatic heterocycles. The van der Waals surface area contributed by atoms with Gasteiger partial charge < -0.3 is 8.98 Å². The minimum absolute atomic E-state index is 0. The van der Waals surface area contributed by atoms with E-state index in [0.717, 1.165) is 18.2 Å². The number of rotatable bonds is 3. The molecule has 0 fully saturated rings. The van der Waals surface area contributed by atoms with Gasteiger partial charge in [-0.3, -0.25) is 0 Å². The fourth-order valence-corrected chi connectivity index (χ4v) is 1.25. The zero-order chi connectivity index (χ0) is 12.4. The fraction of sp³-hybridized carbons (Fsp3) is 0.125. The summed E-state index contributed by atoms with van der Waals surface area (Å²) < 4.78 is 60.9. The summed E-state index contributed by atoms with van der Waals surface area (Å²) in [6, 6.07) is 5.41. The van der Waals surface area contributed by atoms with Gasteiger partial charge in [0, 0.05) is 38.5 Å². The molecule has 0 bridgehead atoms. The summed E-state index contributed by atoms with van der Waals surface area (Å²) in [5.41, 5.74) is -5.87. The van der Waals surface area contributed by atoms with Gasteiger partial charge in [0.25, 0.3) is 0 Å². The summed E-state index contributed by atoms with van der Waals surface area (Å²) in [7, 11) is -5.76. The Bertz CT molecular complexity index is 498. The zero-order valence-corrected chi connectivity index (χ0v) is 11.7. The Morgan fingerprint density at radius 3 is 2.41 bits per heavy atom. The normalized spacial score (nSPS) is 11.5. The Labute approximate surface area is 120 Å². The van der Waals surface area contributed by atoms with Crippen molar-refractivity contribution in [1.82, 2.24) is 0 Å². The minimum Gasteiger partial charge on any atom is -0.402 e. The molecule has 1 radical (unpaired) electrons. The second-order valence-electron chi connectivity index (χ2n) is 2.56. The number of carbonyl (C=O) groups is 1. The molecule has 0 aliphatic heterocycles. The summed E-state index contributed by atoms with van der Waals surface area (Å²) in [4.78, 5) is 10.4. The van der Waals surface area contributed by atoms with Gasteiger partial charge in [-0.05, 0) is 0 Å². The van der Waals surface area contributed by atoms with Crippen molar-refractivity contribution >= 4 is 16.4 Å². The van der Waals surface area contributed by atoms with Crippen LogP contribution in [-0.4, -0.2) is 20.2 Å². The molecule has 17 heavy (non-hydrogen) atoms. The molecule has 0 amide bonds. The Morgan fingerprint density at radius 1 is 1.35 bits per heavy atom. The van der Waals surface area contributed by atoms with Gasteiger partial charge in [0.1, 0.15) is 0 Å². The van der Waals surface area contributed by atoms with E-state index in [2.05, 4.69) is 10.2 Å². The standard InChI is InChI=1S/C8H4F3O4S.Y/c9-8(10,11)16(13,14)15-7-4-2-1-3-6(7)5-12;/h2-5H;/q-1;. The van der Waals surface area contributed by atoms with Crippen LogP contribution in [-0.2, 0) is 42.8 Å². The van der Waals surface area contributed by atoms with Gasteiger partial charge in [-0.2, -0.15) is 39.8 Å². The molecule has 0 aliphatic rings. The topological polar surface area (TPSA) is 60.4 Å². The fourth-order valence-electron chi connectivity index (χ4n) is 0.762. The molecule has 1 aromatic carbocycles. The van der Waals surface area contributed by atoms with E-state index in [1.54, 1.807) is 0 Å². The van der Waals surface area contributed by atoms with E-state index in [0.29, 0.717) is 0 Å². The molecule has 0 saturated carbocycles. The molecule has 1 rings (SSSR count). The maximum atomic E-state index is 11.9. The van der Waals surface area contributed by atoms with Crippen molar-refractivity contribution in [3.8, 4) is 5.75 Å². The number of benzene rings is 1. The molecule has 0 heterocycles. The van der Waals surface area contributed by atoms with E-state index in [4.69, 9.17) is 0 Å². The predicted octanol–water partition coefficient (Wildman–Crippen LogP) is 1.53. The van der Waals surface area contributed by atoms with Crippen molar-refractivity contribution in [2.45, 2.75) is 5.51 Å². The molecular weight excluding hydrogens is 338 g/mol. The first-order chi connectivity index (χ1) is 7.28. The van der Waals surface area contributed by atoms with E-state index >= 15 is 0 Å². The quantitative estimate of drug-likeness (QED) is 0.362. The molecule has 0 unspecified atom stereocenters. The van der Waals surface area contributed by atoms with Crippen LogP contribution in [0.1, 0.15) is 10.4 Å². The van der Waals surface area contributed by atoms with Crippen LogP contribution < -0.4 is 4.18 Å². The minimum atomic E-state index is -5.76. The van der Waals surface area contributed by atoms with Gasteiger partial charge in [-0.1, -0.05) is 5.56 Å². The van der Waals surface area contributed by atoms with Gasteiger partial charge in [-0.25, -0.2) is 0 Å². The van der Waals surface area contributed by atoms with Crippen molar-refractivity contribution in [2.24, 2.45) is 0 Å². The van der Waals surface area contributed by atoms with Crippen molar-refractivity contribution in [1.29, 1.82) is 0 Å². The number of alkyl halides is 3. The van der Waals surface area contributed by atoms with Crippen LogP contribution in [0.2, 0.25) is 0 Å². The number of halogens is 3. The van der Waals surface area contributed by atoms with Gasteiger partial charge in [0.2, 0.25) is 0 Å². The molecule has 4 nitrogen and oxygen atoms in total. The van der Waals surface area contributed by atoms with Gasteiger partial charge in [0.05, 0.1) is 6.29 Å². The SMILES string of the molecule is O=Cc1c[c-]ccc1OS(=O)(=O)C(F)(F)F.[Y]. The Balaban J connectivity index is 0.00000256. The van der Waals surface area contributed by atoms with E-state index in [1.165, 1.54) is 0 Å². The summed E-state index contributed by atoms with van der Waals surface area (Å²) in [5, 5.41) is 0. The van der Waals surface area contributed by atoms with Gasteiger partial charge >= 0.3 is 15.6 Å². The van der Waals surface area contributed by atoms with Crippen molar-refractivity contribution < 1.29 is 63.3 Å². The number of carbonyl (C=O) groups excluding carboxylic acids is 1.